The van der Waals surface area contributed by atoms with E-state index in [1.165, 1.54) is 18.4 Å². The molecule has 1 N–H and O–H groups in total. The van der Waals surface area contributed by atoms with Crippen molar-refractivity contribution in [3.63, 3.8) is 0 Å². The van der Waals surface area contributed by atoms with Gasteiger partial charge in [0.25, 0.3) is 5.91 Å². The van der Waals surface area contributed by atoms with E-state index in [2.05, 4.69) is 19.2 Å². The van der Waals surface area contributed by atoms with Crippen LogP contribution in [0.15, 0.2) is 24.3 Å². The molecule has 1 unspecified atom stereocenters. The Kier molecular flexibility index (Phi) is 6.16. The fraction of sp³-hybridized carbons (Fsp3) is 0.429. The monoisotopic (exact) mass is 387 g/mol. The van der Waals surface area contributed by atoms with Gasteiger partial charge in [-0.2, -0.15) is 0 Å². The summed E-state index contributed by atoms with van der Waals surface area (Å²) in [5.74, 6) is 0.408. The SMILES string of the molecule is CCC(C)c1ccccc1OCC(=O)Nc1sc2c(c1C(=O)OC)CCC2. The molecule has 3 rings (SSSR count). The van der Waals surface area contributed by atoms with E-state index in [1.54, 1.807) is 0 Å². The van der Waals surface area contributed by atoms with E-state index in [4.69, 9.17) is 9.47 Å². The molecule has 1 amide bonds. The number of aryl methyl sites for hydroxylation is 1. The number of hydrogen-bond donors (Lipinski definition) is 1. The average Bonchev–Trinajstić information content (AvgIpc) is 3.26. The van der Waals surface area contributed by atoms with Gasteiger partial charge in [-0.1, -0.05) is 32.0 Å². The van der Waals surface area contributed by atoms with E-state index < -0.39 is 5.97 Å². The number of amides is 1. The quantitative estimate of drug-likeness (QED) is 0.708. The number of fused-ring (bicyclic) bond motifs is 1. The largest absolute Gasteiger partial charge is 0.483 e. The molecule has 5 nitrogen and oxygen atoms in total. The topological polar surface area (TPSA) is 64.6 Å². The number of anilines is 1. The summed E-state index contributed by atoms with van der Waals surface area (Å²) in [5.41, 5.74) is 2.62. The minimum absolute atomic E-state index is 0.101. The number of benzene rings is 1. The maximum atomic E-state index is 12.4. The van der Waals surface area contributed by atoms with Crippen molar-refractivity contribution in [2.75, 3.05) is 19.0 Å². The first-order valence-electron chi connectivity index (χ1n) is 9.29. The summed E-state index contributed by atoms with van der Waals surface area (Å²) in [4.78, 5) is 25.8. The number of methoxy groups -OCH3 is 1. The lowest BCUT2D eigenvalue weighted by Gasteiger charge is -2.15. The van der Waals surface area contributed by atoms with Crippen molar-refractivity contribution < 1.29 is 19.1 Å². The van der Waals surface area contributed by atoms with E-state index in [1.807, 2.05) is 24.3 Å². The van der Waals surface area contributed by atoms with Crippen molar-refractivity contribution in [1.82, 2.24) is 0 Å². The van der Waals surface area contributed by atoms with E-state index in [-0.39, 0.29) is 12.5 Å². The van der Waals surface area contributed by atoms with Crippen LogP contribution in [0.4, 0.5) is 5.00 Å². The first kappa shape index (κ1) is 19.4. The number of thiophene rings is 1. The highest BCUT2D eigenvalue weighted by atomic mass is 32.1. The Bertz CT molecular complexity index is 843. The number of carbonyl (C=O) groups excluding carboxylic acids is 2. The summed E-state index contributed by atoms with van der Waals surface area (Å²) in [6.45, 7) is 4.16. The molecule has 1 aromatic carbocycles. The van der Waals surface area contributed by atoms with Crippen LogP contribution in [-0.2, 0) is 22.4 Å². The molecule has 27 heavy (non-hydrogen) atoms. The van der Waals surface area contributed by atoms with Crippen LogP contribution in [0.3, 0.4) is 0 Å². The molecular formula is C21H25NO4S. The van der Waals surface area contributed by atoms with Gasteiger partial charge in [-0.25, -0.2) is 4.79 Å². The van der Waals surface area contributed by atoms with Crippen molar-refractivity contribution in [3.05, 3.63) is 45.8 Å². The second-order valence-electron chi connectivity index (χ2n) is 6.74. The van der Waals surface area contributed by atoms with Gasteiger partial charge in [0.2, 0.25) is 0 Å². The molecule has 0 aliphatic heterocycles. The first-order valence-corrected chi connectivity index (χ1v) is 10.1. The summed E-state index contributed by atoms with van der Waals surface area (Å²) in [5, 5.41) is 3.41. The maximum absolute atomic E-state index is 12.4. The molecule has 0 radical (unpaired) electrons. The fourth-order valence-corrected chi connectivity index (χ4v) is 4.65. The lowest BCUT2D eigenvalue weighted by molar-refractivity contribution is -0.118. The van der Waals surface area contributed by atoms with Gasteiger partial charge < -0.3 is 14.8 Å². The lowest BCUT2D eigenvalue weighted by atomic mass is 9.98. The van der Waals surface area contributed by atoms with Crippen LogP contribution < -0.4 is 10.1 Å². The molecule has 0 spiro atoms. The summed E-state index contributed by atoms with van der Waals surface area (Å²) < 4.78 is 10.7. The zero-order valence-corrected chi connectivity index (χ0v) is 16.8. The molecule has 1 aromatic heterocycles. The number of nitrogens with one attached hydrogen (secondary N) is 1. The molecule has 0 saturated carbocycles. The van der Waals surface area contributed by atoms with E-state index in [0.29, 0.717) is 16.5 Å². The van der Waals surface area contributed by atoms with Crippen molar-refractivity contribution in [2.24, 2.45) is 0 Å². The van der Waals surface area contributed by atoms with Gasteiger partial charge in [-0.3, -0.25) is 4.79 Å². The standard InChI is InChI=1S/C21H25NO4S/c1-4-13(2)14-8-5-6-10-16(14)26-12-18(23)22-20-19(21(24)25-3)15-9-7-11-17(15)27-20/h5-6,8,10,13H,4,7,9,11-12H2,1-3H3,(H,22,23). The van der Waals surface area contributed by atoms with E-state index >= 15 is 0 Å². The Morgan fingerprint density at radius 1 is 1.26 bits per heavy atom. The molecule has 1 heterocycles. The Labute approximate surface area is 163 Å². The van der Waals surface area contributed by atoms with Crippen LogP contribution >= 0.6 is 11.3 Å². The molecule has 1 atom stereocenters. The van der Waals surface area contributed by atoms with Crippen LogP contribution in [0, 0.1) is 0 Å². The molecule has 6 heteroatoms. The van der Waals surface area contributed by atoms with Gasteiger partial charge in [-0.05, 0) is 48.8 Å². The third-order valence-electron chi connectivity index (χ3n) is 4.98. The van der Waals surface area contributed by atoms with Gasteiger partial charge in [0.05, 0.1) is 12.7 Å². The molecular weight excluding hydrogens is 362 g/mol. The van der Waals surface area contributed by atoms with Crippen molar-refractivity contribution >= 4 is 28.2 Å². The Morgan fingerprint density at radius 2 is 2.04 bits per heavy atom. The highest BCUT2D eigenvalue weighted by molar-refractivity contribution is 7.17. The fourth-order valence-electron chi connectivity index (χ4n) is 3.36. The van der Waals surface area contributed by atoms with Crippen LogP contribution in [0.5, 0.6) is 5.75 Å². The molecule has 0 fully saturated rings. The Balaban J connectivity index is 1.70. The van der Waals surface area contributed by atoms with Crippen LogP contribution in [0.25, 0.3) is 0 Å². The van der Waals surface area contributed by atoms with Crippen LogP contribution in [0.2, 0.25) is 0 Å². The summed E-state index contributed by atoms with van der Waals surface area (Å²) in [6.07, 6.45) is 3.83. The summed E-state index contributed by atoms with van der Waals surface area (Å²) in [7, 11) is 1.36. The van der Waals surface area contributed by atoms with Gasteiger partial charge >= 0.3 is 5.97 Å². The number of para-hydroxylation sites is 1. The predicted octanol–water partition coefficient (Wildman–Crippen LogP) is 4.55. The minimum atomic E-state index is -0.396. The second kappa shape index (κ2) is 8.57. The van der Waals surface area contributed by atoms with Gasteiger partial charge in [-0.15, -0.1) is 11.3 Å². The number of esters is 1. The molecule has 144 valence electrons. The number of rotatable bonds is 7. The normalized spacial score (nSPS) is 13.7. The molecule has 0 bridgehead atoms. The molecule has 2 aromatic rings. The number of hydrogen-bond acceptors (Lipinski definition) is 5. The molecule has 1 aliphatic carbocycles. The van der Waals surface area contributed by atoms with E-state index in [0.717, 1.165) is 47.4 Å². The van der Waals surface area contributed by atoms with Gasteiger partial charge in [0.1, 0.15) is 10.8 Å². The van der Waals surface area contributed by atoms with Crippen molar-refractivity contribution in [3.8, 4) is 5.75 Å². The van der Waals surface area contributed by atoms with Crippen LogP contribution in [-0.4, -0.2) is 25.6 Å². The summed E-state index contributed by atoms with van der Waals surface area (Å²) in [6, 6.07) is 7.79. The molecule has 0 saturated heterocycles. The Hall–Kier alpha value is -2.34. The zero-order valence-electron chi connectivity index (χ0n) is 16.0. The Morgan fingerprint density at radius 3 is 2.78 bits per heavy atom. The minimum Gasteiger partial charge on any atom is -0.483 e. The first-order chi connectivity index (χ1) is 13.0. The van der Waals surface area contributed by atoms with Gasteiger partial charge in [0, 0.05) is 4.88 Å². The third kappa shape index (κ3) is 4.16. The third-order valence-corrected chi connectivity index (χ3v) is 6.19. The molecule has 1 aliphatic rings. The number of ether oxygens (including phenoxy) is 2. The predicted molar refractivity (Wildman–Crippen MR) is 107 cm³/mol. The highest BCUT2D eigenvalue weighted by Crippen LogP contribution is 2.39. The maximum Gasteiger partial charge on any atom is 0.341 e. The van der Waals surface area contributed by atoms with Gasteiger partial charge in [0.15, 0.2) is 6.61 Å². The lowest BCUT2D eigenvalue weighted by Crippen LogP contribution is -2.21. The second-order valence-corrected chi connectivity index (χ2v) is 7.84. The van der Waals surface area contributed by atoms with Crippen molar-refractivity contribution in [1.29, 1.82) is 0 Å². The van der Waals surface area contributed by atoms with Crippen molar-refractivity contribution in [2.45, 2.75) is 45.4 Å². The summed E-state index contributed by atoms with van der Waals surface area (Å²) >= 11 is 1.47. The van der Waals surface area contributed by atoms with E-state index in [9.17, 15) is 9.59 Å². The highest BCUT2D eigenvalue weighted by Gasteiger charge is 2.28. The van der Waals surface area contributed by atoms with Crippen LogP contribution in [0.1, 0.15) is 59.0 Å². The zero-order chi connectivity index (χ0) is 19.4. The smallest absolute Gasteiger partial charge is 0.341 e. The number of carbonyl (C=O) groups is 2. The average molecular weight is 388 g/mol.